The standard InChI is InChI=1S/C16H18F3NO2/c1-16(2,3)22-15(21)20-9-5-4-6-11-7-8-12(14(18)19)13(17)10-11/h7-8,10,14H,5,9H2,1-3H3,(H,20,21). The minimum absolute atomic E-state index is 0.277. The lowest BCUT2D eigenvalue weighted by Crippen LogP contribution is -2.32. The van der Waals surface area contributed by atoms with E-state index in [2.05, 4.69) is 17.2 Å². The summed E-state index contributed by atoms with van der Waals surface area (Å²) in [6.45, 7) is 5.54. The number of hydrogen-bond acceptors (Lipinski definition) is 2. The van der Waals surface area contributed by atoms with Gasteiger partial charge in [0.1, 0.15) is 11.4 Å². The molecule has 0 aliphatic carbocycles. The molecule has 0 aromatic heterocycles. The number of rotatable bonds is 3. The summed E-state index contributed by atoms with van der Waals surface area (Å²) in [6, 6.07) is 3.32. The van der Waals surface area contributed by atoms with E-state index in [1.54, 1.807) is 20.8 Å². The van der Waals surface area contributed by atoms with Gasteiger partial charge in [-0.1, -0.05) is 11.8 Å². The zero-order valence-electron chi connectivity index (χ0n) is 12.7. The lowest BCUT2D eigenvalue weighted by Gasteiger charge is -2.19. The molecule has 1 rings (SSSR count). The molecule has 0 unspecified atom stereocenters. The van der Waals surface area contributed by atoms with Crippen molar-refractivity contribution < 1.29 is 22.7 Å². The third-order valence-corrected chi connectivity index (χ3v) is 2.39. The molecule has 0 bridgehead atoms. The van der Waals surface area contributed by atoms with Gasteiger partial charge in [0.2, 0.25) is 0 Å². The second-order valence-electron chi connectivity index (χ2n) is 5.52. The van der Waals surface area contributed by atoms with Crippen molar-refractivity contribution >= 4 is 6.09 Å². The molecule has 120 valence electrons. The van der Waals surface area contributed by atoms with E-state index in [1.165, 1.54) is 6.07 Å². The number of carbonyl (C=O) groups is 1. The number of benzene rings is 1. The fourth-order valence-electron chi connectivity index (χ4n) is 1.49. The number of hydrogen-bond donors (Lipinski definition) is 1. The van der Waals surface area contributed by atoms with E-state index in [1.807, 2.05) is 0 Å². The zero-order valence-corrected chi connectivity index (χ0v) is 12.7. The van der Waals surface area contributed by atoms with Crippen molar-refractivity contribution in [3.05, 3.63) is 35.1 Å². The Morgan fingerprint density at radius 2 is 2.05 bits per heavy atom. The normalized spacial score (nSPS) is 10.9. The first-order valence-electron chi connectivity index (χ1n) is 6.72. The first kappa shape index (κ1) is 17.9. The molecule has 22 heavy (non-hydrogen) atoms. The van der Waals surface area contributed by atoms with Crippen LogP contribution in [0.5, 0.6) is 0 Å². The number of alkyl halides is 2. The van der Waals surface area contributed by atoms with Gasteiger partial charge in [-0.25, -0.2) is 18.0 Å². The highest BCUT2D eigenvalue weighted by molar-refractivity contribution is 5.67. The number of amides is 1. The Morgan fingerprint density at radius 1 is 1.36 bits per heavy atom. The Bertz CT molecular complexity index is 583. The second-order valence-corrected chi connectivity index (χ2v) is 5.52. The quantitative estimate of drug-likeness (QED) is 0.676. The minimum Gasteiger partial charge on any atom is -0.444 e. The summed E-state index contributed by atoms with van der Waals surface area (Å²) in [7, 11) is 0. The zero-order chi connectivity index (χ0) is 16.8. The van der Waals surface area contributed by atoms with E-state index in [-0.39, 0.29) is 6.54 Å². The van der Waals surface area contributed by atoms with Crippen LogP contribution in [0.4, 0.5) is 18.0 Å². The van der Waals surface area contributed by atoms with Crippen LogP contribution < -0.4 is 5.32 Å². The van der Waals surface area contributed by atoms with E-state index in [9.17, 15) is 18.0 Å². The maximum absolute atomic E-state index is 13.3. The van der Waals surface area contributed by atoms with E-state index in [4.69, 9.17) is 4.74 Å². The highest BCUT2D eigenvalue weighted by atomic mass is 19.3. The largest absolute Gasteiger partial charge is 0.444 e. The van der Waals surface area contributed by atoms with Gasteiger partial charge in [0.25, 0.3) is 6.43 Å². The highest BCUT2D eigenvalue weighted by Gasteiger charge is 2.15. The van der Waals surface area contributed by atoms with E-state index < -0.39 is 29.5 Å². The summed E-state index contributed by atoms with van der Waals surface area (Å²) in [6.07, 6.45) is -3.06. The van der Waals surface area contributed by atoms with Crippen LogP contribution in [0, 0.1) is 17.7 Å². The van der Waals surface area contributed by atoms with Crippen molar-refractivity contribution in [1.29, 1.82) is 0 Å². The maximum atomic E-state index is 13.3. The minimum atomic E-state index is -2.85. The van der Waals surface area contributed by atoms with Crippen molar-refractivity contribution in [3.63, 3.8) is 0 Å². The summed E-state index contributed by atoms with van der Waals surface area (Å²) < 4.78 is 43.1. The van der Waals surface area contributed by atoms with Crippen molar-refractivity contribution in [2.24, 2.45) is 0 Å². The van der Waals surface area contributed by atoms with Crippen LogP contribution in [0.15, 0.2) is 18.2 Å². The summed E-state index contributed by atoms with van der Waals surface area (Å²) >= 11 is 0. The van der Waals surface area contributed by atoms with Gasteiger partial charge in [-0.15, -0.1) is 0 Å². The van der Waals surface area contributed by atoms with Crippen molar-refractivity contribution in [1.82, 2.24) is 5.32 Å². The molecule has 1 amide bonds. The number of alkyl carbamates (subject to hydrolysis) is 1. The smallest absolute Gasteiger partial charge is 0.407 e. The second kappa shape index (κ2) is 7.74. The molecule has 1 aromatic rings. The monoisotopic (exact) mass is 313 g/mol. The average Bonchev–Trinajstić information content (AvgIpc) is 2.35. The van der Waals surface area contributed by atoms with Gasteiger partial charge in [0.05, 0.1) is 5.56 Å². The van der Waals surface area contributed by atoms with Gasteiger partial charge in [-0.05, 0) is 39.0 Å². The van der Waals surface area contributed by atoms with Crippen LogP contribution in [-0.4, -0.2) is 18.2 Å². The van der Waals surface area contributed by atoms with Gasteiger partial charge >= 0.3 is 6.09 Å². The van der Waals surface area contributed by atoms with Gasteiger partial charge in [0.15, 0.2) is 0 Å². The first-order chi connectivity index (χ1) is 10.2. The van der Waals surface area contributed by atoms with Crippen LogP contribution in [0.25, 0.3) is 0 Å². The van der Waals surface area contributed by atoms with E-state index >= 15 is 0 Å². The summed E-state index contributed by atoms with van der Waals surface area (Å²) in [5.41, 5.74) is -0.906. The van der Waals surface area contributed by atoms with Crippen LogP contribution in [-0.2, 0) is 4.74 Å². The lowest BCUT2D eigenvalue weighted by molar-refractivity contribution is 0.0529. The molecule has 0 fully saturated rings. The number of nitrogens with one attached hydrogen (secondary N) is 1. The maximum Gasteiger partial charge on any atom is 0.407 e. The Balaban J connectivity index is 2.45. The van der Waals surface area contributed by atoms with Gasteiger partial charge < -0.3 is 10.1 Å². The molecule has 6 heteroatoms. The Hall–Kier alpha value is -2.16. The summed E-state index contributed by atoms with van der Waals surface area (Å²) in [4.78, 5) is 11.3. The molecular weight excluding hydrogens is 295 g/mol. The molecule has 0 heterocycles. The number of halogens is 3. The number of carbonyl (C=O) groups excluding carboxylic acids is 1. The molecular formula is C16H18F3NO2. The Kier molecular flexibility index (Phi) is 6.29. The molecule has 0 aliphatic heterocycles. The van der Waals surface area contributed by atoms with E-state index in [0.29, 0.717) is 12.0 Å². The third-order valence-electron chi connectivity index (χ3n) is 2.39. The fraction of sp³-hybridized carbons (Fsp3) is 0.438. The molecule has 0 spiro atoms. The predicted molar refractivity (Wildman–Crippen MR) is 77.1 cm³/mol. The molecule has 0 atom stereocenters. The van der Waals surface area contributed by atoms with Crippen LogP contribution in [0.3, 0.4) is 0 Å². The van der Waals surface area contributed by atoms with Crippen LogP contribution in [0.1, 0.15) is 44.7 Å². The molecule has 0 radical (unpaired) electrons. The van der Waals surface area contributed by atoms with Gasteiger partial charge in [-0.3, -0.25) is 0 Å². The molecule has 1 aromatic carbocycles. The van der Waals surface area contributed by atoms with E-state index in [0.717, 1.165) is 12.1 Å². The van der Waals surface area contributed by atoms with Crippen molar-refractivity contribution in [2.75, 3.05) is 6.54 Å². The molecule has 1 N–H and O–H groups in total. The average molecular weight is 313 g/mol. The highest BCUT2D eigenvalue weighted by Crippen LogP contribution is 2.22. The number of ether oxygens (including phenoxy) is 1. The third kappa shape index (κ3) is 6.53. The molecule has 0 aliphatic rings. The topological polar surface area (TPSA) is 38.3 Å². The molecule has 0 saturated carbocycles. The summed E-state index contributed by atoms with van der Waals surface area (Å²) in [5, 5.41) is 2.52. The van der Waals surface area contributed by atoms with Gasteiger partial charge in [-0.2, -0.15) is 0 Å². The molecule has 3 nitrogen and oxygen atoms in total. The fourth-order valence-corrected chi connectivity index (χ4v) is 1.49. The predicted octanol–water partition coefficient (Wildman–Crippen LogP) is 4.03. The Labute approximate surface area is 127 Å². The van der Waals surface area contributed by atoms with Crippen molar-refractivity contribution in [2.45, 2.75) is 39.2 Å². The van der Waals surface area contributed by atoms with Crippen LogP contribution >= 0.6 is 0 Å². The lowest BCUT2D eigenvalue weighted by atomic mass is 10.1. The van der Waals surface area contributed by atoms with Gasteiger partial charge in [0, 0.05) is 18.5 Å². The molecule has 0 saturated heterocycles. The van der Waals surface area contributed by atoms with Crippen LogP contribution in [0.2, 0.25) is 0 Å². The Morgan fingerprint density at radius 3 is 2.59 bits per heavy atom. The summed E-state index contributed by atoms with van der Waals surface area (Å²) in [5.74, 6) is 4.39. The SMILES string of the molecule is CC(C)(C)OC(=O)NCCC#Cc1ccc(C(F)F)c(F)c1. The van der Waals surface area contributed by atoms with Crippen molar-refractivity contribution in [3.8, 4) is 11.8 Å². The first-order valence-corrected chi connectivity index (χ1v) is 6.72.